The summed E-state index contributed by atoms with van der Waals surface area (Å²) >= 11 is 2.58. The summed E-state index contributed by atoms with van der Waals surface area (Å²) in [6, 6.07) is 19.4. The Labute approximate surface area is 227 Å². The van der Waals surface area contributed by atoms with Crippen molar-refractivity contribution < 1.29 is 9.59 Å². The smallest absolute Gasteiger partial charge is 0.252 e. The molecule has 5 rings (SSSR count). The van der Waals surface area contributed by atoms with E-state index in [2.05, 4.69) is 31.0 Å². The van der Waals surface area contributed by atoms with Gasteiger partial charge in [-0.3, -0.25) is 19.5 Å². The highest BCUT2D eigenvalue weighted by molar-refractivity contribution is 7.99. The molecular weight excluding hydrogens is 518 g/mol. The van der Waals surface area contributed by atoms with Crippen molar-refractivity contribution in [1.82, 2.24) is 30.3 Å². The van der Waals surface area contributed by atoms with Gasteiger partial charge in [0.25, 0.3) is 5.91 Å². The van der Waals surface area contributed by atoms with E-state index >= 15 is 0 Å². The predicted molar refractivity (Wildman–Crippen MR) is 150 cm³/mol. The van der Waals surface area contributed by atoms with Gasteiger partial charge in [0.15, 0.2) is 11.0 Å². The van der Waals surface area contributed by atoms with Crippen molar-refractivity contribution >= 4 is 50.8 Å². The molecule has 3 aromatic carbocycles. The number of anilines is 1. The molecule has 0 radical (unpaired) electrons. The molecule has 192 valence electrons. The van der Waals surface area contributed by atoms with E-state index < -0.39 is 0 Å². The van der Waals surface area contributed by atoms with Crippen LogP contribution in [0.25, 0.3) is 16.5 Å². The zero-order chi connectivity index (χ0) is 26.6. The van der Waals surface area contributed by atoms with Gasteiger partial charge in [0, 0.05) is 5.56 Å². The van der Waals surface area contributed by atoms with Gasteiger partial charge in [-0.1, -0.05) is 71.6 Å². The van der Waals surface area contributed by atoms with Gasteiger partial charge in [0.1, 0.15) is 5.01 Å². The lowest BCUT2D eigenvalue weighted by atomic mass is 10.0. The van der Waals surface area contributed by atoms with Crippen LogP contribution in [0.5, 0.6) is 0 Å². The number of amides is 2. The molecule has 0 saturated carbocycles. The maximum Gasteiger partial charge on any atom is 0.252 e. The van der Waals surface area contributed by atoms with E-state index in [1.807, 2.05) is 86.0 Å². The van der Waals surface area contributed by atoms with Gasteiger partial charge in [-0.2, -0.15) is 0 Å². The van der Waals surface area contributed by atoms with Crippen LogP contribution in [0.3, 0.4) is 0 Å². The highest BCUT2D eigenvalue weighted by Gasteiger charge is 2.19. The lowest BCUT2D eigenvalue weighted by Gasteiger charge is -2.15. The van der Waals surface area contributed by atoms with E-state index in [0.29, 0.717) is 21.7 Å². The number of rotatable bonds is 8. The first-order valence-electron chi connectivity index (χ1n) is 11.9. The summed E-state index contributed by atoms with van der Waals surface area (Å²) in [5, 5.41) is 26.0. The van der Waals surface area contributed by atoms with Crippen molar-refractivity contribution in [2.75, 3.05) is 11.1 Å². The minimum Gasteiger partial charge on any atom is -0.345 e. The number of carbonyl (C=O) groups excluding carboxylic acids is 2. The topological polar surface area (TPSA) is 115 Å². The van der Waals surface area contributed by atoms with Crippen LogP contribution in [0.2, 0.25) is 0 Å². The molecule has 2 aromatic heterocycles. The van der Waals surface area contributed by atoms with Crippen LogP contribution in [0.15, 0.2) is 65.8 Å². The Kier molecular flexibility index (Phi) is 7.47. The summed E-state index contributed by atoms with van der Waals surface area (Å²) in [6.45, 7) is 6.06. The molecule has 0 aliphatic carbocycles. The Morgan fingerprint density at radius 3 is 2.53 bits per heavy atom. The highest BCUT2D eigenvalue weighted by atomic mass is 32.2. The van der Waals surface area contributed by atoms with Crippen LogP contribution < -0.4 is 10.6 Å². The van der Waals surface area contributed by atoms with E-state index in [0.717, 1.165) is 32.6 Å². The monoisotopic (exact) mass is 543 g/mol. The summed E-state index contributed by atoms with van der Waals surface area (Å²) < 4.78 is 1.90. The van der Waals surface area contributed by atoms with E-state index in [1.165, 1.54) is 23.1 Å². The van der Waals surface area contributed by atoms with Gasteiger partial charge in [-0.05, 0) is 54.8 Å². The van der Waals surface area contributed by atoms with Crippen molar-refractivity contribution in [2.45, 2.75) is 32.5 Å². The Hall–Kier alpha value is -4.09. The SMILES string of the molecule is Cc1nnc(NC(=O)CSc2nnc(CNC(=O)c3cccc4ccccc34)n2-c2cccc(C)c2C)s1. The molecular formula is C27H25N7O2S2. The van der Waals surface area contributed by atoms with Crippen molar-refractivity contribution in [3.63, 3.8) is 0 Å². The molecule has 0 aliphatic heterocycles. The molecule has 0 spiro atoms. The molecule has 0 atom stereocenters. The largest absolute Gasteiger partial charge is 0.345 e. The lowest BCUT2D eigenvalue weighted by Crippen LogP contribution is -2.25. The minimum atomic E-state index is -0.215. The van der Waals surface area contributed by atoms with Crippen molar-refractivity contribution in [3.05, 3.63) is 88.2 Å². The Bertz CT molecular complexity index is 1640. The first-order valence-corrected chi connectivity index (χ1v) is 13.7. The van der Waals surface area contributed by atoms with Gasteiger partial charge >= 0.3 is 0 Å². The Balaban J connectivity index is 1.38. The summed E-state index contributed by atoms with van der Waals surface area (Å²) in [7, 11) is 0. The zero-order valence-electron chi connectivity index (χ0n) is 21.1. The fourth-order valence-corrected chi connectivity index (χ4v) is 5.41. The molecule has 2 heterocycles. The molecule has 0 saturated heterocycles. The number of aryl methyl sites for hydroxylation is 2. The molecule has 11 heteroatoms. The molecule has 0 bridgehead atoms. The van der Waals surface area contributed by atoms with Gasteiger partial charge in [0.05, 0.1) is 18.0 Å². The first-order chi connectivity index (χ1) is 18.4. The number of benzene rings is 3. The van der Waals surface area contributed by atoms with Crippen molar-refractivity contribution in [3.8, 4) is 5.69 Å². The number of fused-ring (bicyclic) bond motifs is 1. The third kappa shape index (κ3) is 5.43. The second-order valence-electron chi connectivity index (χ2n) is 8.63. The van der Waals surface area contributed by atoms with Crippen LogP contribution in [0.1, 0.15) is 32.3 Å². The molecule has 0 unspecified atom stereocenters. The van der Waals surface area contributed by atoms with Crippen molar-refractivity contribution in [2.24, 2.45) is 0 Å². The van der Waals surface area contributed by atoms with E-state index in [1.54, 1.807) is 0 Å². The van der Waals surface area contributed by atoms with Gasteiger partial charge in [-0.15, -0.1) is 20.4 Å². The standard InChI is InChI=1S/C27H25N7O2S2/c1-16-8-6-13-22(17(16)2)34-23(14-28-25(36)21-12-7-10-19-9-4-5-11-20(19)21)31-33-27(34)37-15-24(35)29-26-32-30-18(3)38-26/h4-13H,14-15H2,1-3H3,(H,28,36)(H,29,32,35). The molecule has 0 fully saturated rings. The number of nitrogens with zero attached hydrogens (tertiary/aromatic N) is 5. The lowest BCUT2D eigenvalue weighted by molar-refractivity contribution is -0.113. The quantitative estimate of drug-likeness (QED) is 0.269. The van der Waals surface area contributed by atoms with E-state index in [-0.39, 0.29) is 24.1 Å². The number of hydrogen-bond donors (Lipinski definition) is 2. The molecule has 9 nitrogen and oxygen atoms in total. The predicted octanol–water partition coefficient (Wildman–Crippen LogP) is 4.86. The number of nitrogens with one attached hydrogen (secondary N) is 2. The average Bonchev–Trinajstić information content (AvgIpc) is 3.52. The average molecular weight is 544 g/mol. The summed E-state index contributed by atoms with van der Waals surface area (Å²) in [4.78, 5) is 25.7. The van der Waals surface area contributed by atoms with Crippen LogP contribution in [-0.4, -0.2) is 42.5 Å². The maximum atomic E-state index is 13.2. The van der Waals surface area contributed by atoms with E-state index in [4.69, 9.17) is 0 Å². The van der Waals surface area contributed by atoms with Crippen LogP contribution in [0, 0.1) is 20.8 Å². The van der Waals surface area contributed by atoms with Gasteiger partial charge in [-0.25, -0.2) is 0 Å². The van der Waals surface area contributed by atoms with Crippen molar-refractivity contribution in [1.29, 1.82) is 0 Å². The maximum absolute atomic E-state index is 13.2. The Morgan fingerprint density at radius 2 is 1.71 bits per heavy atom. The molecule has 5 aromatic rings. The summed E-state index contributed by atoms with van der Waals surface area (Å²) in [6.07, 6.45) is 0. The molecule has 38 heavy (non-hydrogen) atoms. The molecule has 2 amide bonds. The minimum absolute atomic E-state index is 0.115. The third-order valence-corrected chi connectivity index (χ3v) is 7.75. The van der Waals surface area contributed by atoms with Crippen LogP contribution in [-0.2, 0) is 11.3 Å². The second kappa shape index (κ2) is 11.1. The summed E-state index contributed by atoms with van der Waals surface area (Å²) in [5.74, 6) is 0.268. The third-order valence-electron chi connectivity index (χ3n) is 6.06. The van der Waals surface area contributed by atoms with E-state index in [9.17, 15) is 9.59 Å². The zero-order valence-corrected chi connectivity index (χ0v) is 22.7. The normalized spacial score (nSPS) is 11.0. The highest BCUT2D eigenvalue weighted by Crippen LogP contribution is 2.26. The number of thioether (sulfide) groups is 1. The van der Waals surface area contributed by atoms with Gasteiger partial charge < -0.3 is 5.32 Å². The number of carbonyl (C=O) groups is 2. The van der Waals surface area contributed by atoms with Crippen LogP contribution >= 0.6 is 23.1 Å². The second-order valence-corrected chi connectivity index (χ2v) is 10.7. The number of aromatic nitrogens is 5. The molecule has 0 aliphatic rings. The fourth-order valence-electron chi connectivity index (χ4n) is 4.04. The van der Waals surface area contributed by atoms with Crippen LogP contribution in [0.4, 0.5) is 5.13 Å². The Morgan fingerprint density at radius 1 is 0.921 bits per heavy atom. The fraction of sp³-hybridized carbons (Fsp3) is 0.185. The molecule has 2 N–H and O–H groups in total. The first kappa shape index (κ1) is 25.6. The number of hydrogen-bond acceptors (Lipinski definition) is 8. The summed E-state index contributed by atoms with van der Waals surface area (Å²) in [5.41, 5.74) is 3.66. The van der Waals surface area contributed by atoms with Gasteiger partial charge in [0.2, 0.25) is 11.0 Å².